The highest BCUT2D eigenvalue weighted by atomic mass is 19.3. The van der Waals surface area contributed by atoms with Crippen LogP contribution in [0, 0.1) is 6.92 Å². The maximum Gasteiger partial charge on any atom is 0.270 e. The van der Waals surface area contributed by atoms with E-state index in [2.05, 4.69) is 25.2 Å². The monoisotopic (exact) mass is 441 g/mol. The number of nitrogens with zero attached hydrogens (tertiary/aromatic N) is 3. The zero-order chi connectivity index (χ0) is 22.5. The van der Waals surface area contributed by atoms with E-state index < -0.39 is 17.9 Å². The molecule has 3 aromatic heterocycles. The minimum absolute atomic E-state index is 0.0162. The van der Waals surface area contributed by atoms with Gasteiger partial charge in [0, 0.05) is 37.8 Å². The number of fused-ring (bicyclic) bond motifs is 1. The molecule has 1 atom stereocenters. The summed E-state index contributed by atoms with van der Waals surface area (Å²) in [6.07, 6.45) is 2.89. The molecule has 1 unspecified atom stereocenters. The van der Waals surface area contributed by atoms with Gasteiger partial charge in [-0.15, -0.1) is 0 Å². The van der Waals surface area contributed by atoms with E-state index in [-0.39, 0.29) is 23.8 Å². The van der Waals surface area contributed by atoms with E-state index in [4.69, 9.17) is 4.74 Å². The van der Waals surface area contributed by atoms with Gasteiger partial charge in [0.05, 0.1) is 23.3 Å². The number of aromatic nitrogens is 3. The number of aryl methyl sites for hydroxylation is 1. The van der Waals surface area contributed by atoms with Gasteiger partial charge in [-0.3, -0.25) is 19.5 Å². The van der Waals surface area contributed by atoms with Gasteiger partial charge in [0.2, 0.25) is 0 Å². The molecule has 4 heterocycles. The fourth-order valence-corrected chi connectivity index (χ4v) is 3.67. The Labute approximate surface area is 181 Å². The number of pyridine rings is 3. The fourth-order valence-electron chi connectivity index (χ4n) is 3.67. The lowest BCUT2D eigenvalue weighted by Crippen LogP contribution is -2.53. The Morgan fingerprint density at radius 3 is 2.75 bits per heavy atom. The van der Waals surface area contributed by atoms with Crippen molar-refractivity contribution < 1.29 is 18.3 Å². The van der Waals surface area contributed by atoms with Gasteiger partial charge in [0.25, 0.3) is 17.4 Å². The number of nitrogens with one attached hydrogen (secondary N) is 2. The summed E-state index contributed by atoms with van der Waals surface area (Å²) in [6.45, 7) is 3.85. The summed E-state index contributed by atoms with van der Waals surface area (Å²) in [6, 6.07) is 5.68. The van der Waals surface area contributed by atoms with Crippen LogP contribution in [0.25, 0.3) is 11.0 Å². The molecule has 8 nitrogen and oxygen atoms in total. The average Bonchev–Trinajstić information content (AvgIpc) is 3.33. The minimum Gasteiger partial charge on any atom is -0.486 e. The van der Waals surface area contributed by atoms with Crippen LogP contribution in [-0.2, 0) is 6.54 Å². The molecule has 166 valence electrons. The van der Waals surface area contributed by atoms with E-state index in [1.54, 1.807) is 25.3 Å². The molecule has 1 saturated heterocycles. The zero-order valence-electron chi connectivity index (χ0n) is 17.3. The second kappa shape index (κ2) is 7.63. The van der Waals surface area contributed by atoms with Gasteiger partial charge in [-0.1, -0.05) is 0 Å². The summed E-state index contributed by atoms with van der Waals surface area (Å²) in [5, 5.41) is 2.27. The standard InChI is InChI=1S/C22H21F2N5O3/c1-12-4-17-18(27-20(12)30)5-13(7-25-17)9-29-10-15(11-29)32-14-2-3-16(26-8-14)21(31)28-19-6-22(19,23)24/h2-5,7-8,15,19H,6,9-11H2,1H3,(H,27,30)(H,28,31). The second-order valence-corrected chi connectivity index (χ2v) is 8.36. The highest BCUT2D eigenvalue weighted by Gasteiger charge is 2.58. The molecular formula is C22H21F2N5O3. The normalized spacial score (nSPS) is 20.0. The lowest BCUT2D eigenvalue weighted by atomic mass is 10.1. The van der Waals surface area contributed by atoms with Crippen molar-refractivity contribution in [3.05, 3.63) is 63.8 Å². The van der Waals surface area contributed by atoms with Gasteiger partial charge in [0.15, 0.2) is 0 Å². The summed E-state index contributed by atoms with van der Waals surface area (Å²) in [4.78, 5) is 37.2. The predicted molar refractivity (Wildman–Crippen MR) is 112 cm³/mol. The number of amides is 1. The third-order valence-electron chi connectivity index (χ3n) is 5.67. The molecule has 0 spiro atoms. The van der Waals surface area contributed by atoms with Gasteiger partial charge in [-0.05, 0) is 36.8 Å². The zero-order valence-corrected chi connectivity index (χ0v) is 17.3. The predicted octanol–water partition coefficient (Wildman–Crippen LogP) is 2.03. The Morgan fingerprint density at radius 1 is 1.28 bits per heavy atom. The van der Waals surface area contributed by atoms with E-state index in [1.165, 1.54) is 12.3 Å². The number of carbonyl (C=O) groups excluding carboxylic acids is 1. The van der Waals surface area contributed by atoms with Gasteiger partial charge in [-0.2, -0.15) is 0 Å². The van der Waals surface area contributed by atoms with Gasteiger partial charge < -0.3 is 15.0 Å². The summed E-state index contributed by atoms with van der Waals surface area (Å²) < 4.78 is 31.7. The van der Waals surface area contributed by atoms with Crippen molar-refractivity contribution in [2.24, 2.45) is 0 Å². The first-order valence-corrected chi connectivity index (χ1v) is 10.3. The molecule has 0 bridgehead atoms. The highest BCUT2D eigenvalue weighted by molar-refractivity contribution is 5.92. The van der Waals surface area contributed by atoms with Crippen molar-refractivity contribution in [3.63, 3.8) is 0 Å². The third kappa shape index (κ3) is 4.18. The van der Waals surface area contributed by atoms with Crippen LogP contribution in [0.1, 0.15) is 28.0 Å². The SMILES string of the molecule is Cc1cc2ncc(CN3CC(Oc4ccc(C(=O)NC5CC5(F)F)nc4)C3)cc2[nH]c1=O. The van der Waals surface area contributed by atoms with Crippen LogP contribution in [0.15, 0.2) is 41.5 Å². The summed E-state index contributed by atoms with van der Waals surface area (Å²) >= 11 is 0. The van der Waals surface area contributed by atoms with Crippen LogP contribution in [0.3, 0.4) is 0 Å². The average molecular weight is 441 g/mol. The number of alkyl halides is 2. The van der Waals surface area contributed by atoms with Crippen molar-refractivity contribution in [2.45, 2.75) is 38.0 Å². The van der Waals surface area contributed by atoms with Crippen molar-refractivity contribution in [3.8, 4) is 5.75 Å². The van der Waals surface area contributed by atoms with Crippen LogP contribution < -0.4 is 15.6 Å². The van der Waals surface area contributed by atoms with E-state index >= 15 is 0 Å². The molecule has 2 fully saturated rings. The first-order valence-electron chi connectivity index (χ1n) is 10.3. The maximum atomic E-state index is 12.9. The number of hydrogen-bond acceptors (Lipinski definition) is 6. The van der Waals surface area contributed by atoms with Crippen LogP contribution in [0.2, 0.25) is 0 Å². The van der Waals surface area contributed by atoms with E-state index in [1.807, 2.05) is 6.07 Å². The second-order valence-electron chi connectivity index (χ2n) is 8.36. The van der Waals surface area contributed by atoms with Crippen molar-refractivity contribution in [2.75, 3.05) is 13.1 Å². The van der Waals surface area contributed by atoms with E-state index in [9.17, 15) is 18.4 Å². The molecule has 1 aliphatic carbocycles. The van der Waals surface area contributed by atoms with Crippen LogP contribution >= 0.6 is 0 Å². The number of aromatic amines is 1. The lowest BCUT2D eigenvalue weighted by molar-refractivity contribution is 0.0143. The molecule has 0 radical (unpaired) electrons. The Balaban J connectivity index is 1.12. The summed E-state index contributed by atoms with van der Waals surface area (Å²) in [5.74, 6) is -2.91. The van der Waals surface area contributed by atoms with Crippen molar-refractivity contribution in [1.82, 2.24) is 25.2 Å². The minimum atomic E-state index is -2.81. The first kappa shape index (κ1) is 20.5. The maximum absolute atomic E-state index is 12.9. The van der Waals surface area contributed by atoms with Gasteiger partial charge in [-0.25, -0.2) is 13.8 Å². The Bertz CT molecular complexity index is 1240. The molecule has 32 heavy (non-hydrogen) atoms. The number of ether oxygens (including phenoxy) is 1. The first-order chi connectivity index (χ1) is 15.3. The van der Waals surface area contributed by atoms with Crippen molar-refractivity contribution >= 4 is 16.9 Å². The van der Waals surface area contributed by atoms with Crippen LogP contribution in [-0.4, -0.2) is 56.9 Å². The number of hydrogen-bond donors (Lipinski definition) is 2. The third-order valence-corrected chi connectivity index (χ3v) is 5.67. The number of H-pyrrole nitrogens is 1. The van der Waals surface area contributed by atoms with Crippen LogP contribution in [0.4, 0.5) is 8.78 Å². The topological polar surface area (TPSA) is 100 Å². The lowest BCUT2D eigenvalue weighted by Gasteiger charge is -2.38. The number of carbonyl (C=O) groups is 1. The number of halogens is 2. The highest BCUT2D eigenvalue weighted by Crippen LogP contribution is 2.41. The van der Waals surface area contributed by atoms with E-state index in [0.29, 0.717) is 36.5 Å². The Kier molecular flexibility index (Phi) is 4.89. The van der Waals surface area contributed by atoms with E-state index in [0.717, 1.165) is 11.1 Å². The largest absolute Gasteiger partial charge is 0.486 e. The molecule has 10 heteroatoms. The van der Waals surface area contributed by atoms with Crippen LogP contribution in [0.5, 0.6) is 5.75 Å². The van der Waals surface area contributed by atoms with Gasteiger partial charge >= 0.3 is 0 Å². The molecule has 5 rings (SSSR count). The fraction of sp³-hybridized carbons (Fsp3) is 0.364. The quantitative estimate of drug-likeness (QED) is 0.607. The summed E-state index contributed by atoms with van der Waals surface area (Å²) in [7, 11) is 0. The molecule has 1 saturated carbocycles. The summed E-state index contributed by atoms with van der Waals surface area (Å²) in [5.41, 5.74) is 3.06. The molecule has 1 aliphatic heterocycles. The molecule has 0 aromatic carbocycles. The molecule has 3 aromatic rings. The molecular weight excluding hydrogens is 420 g/mol. The number of rotatable bonds is 6. The van der Waals surface area contributed by atoms with Crippen molar-refractivity contribution in [1.29, 1.82) is 0 Å². The Hall–Kier alpha value is -3.40. The molecule has 1 amide bonds. The van der Waals surface area contributed by atoms with Gasteiger partial charge in [0.1, 0.15) is 17.5 Å². The number of likely N-dealkylation sites (tertiary alicyclic amines) is 1. The Morgan fingerprint density at radius 2 is 2.06 bits per heavy atom. The molecule has 2 N–H and O–H groups in total. The smallest absolute Gasteiger partial charge is 0.270 e. The molecule has 2 aliphatic rings.